The Morgan fingerprint density at radius 1 is 1.30 bits per heavy atom. The van der Waals surface area contributed by atoms with Crippen LogP contribution in [-0.2, 0) is 0 Å². The largest absolute Gasteiger partial charge is 0.340 e. The van der Waals surface area contributed by atoms with Crippen LogP contribution in [0.25, 0.3) is 0 Å². The molecule has 0 bridgehead atoms. The van der Waals surface area contributed by atoms with Crippen LogP contribution in [0.4, 0.5) is 11.5 Å². The molecule has 1 aromatic heterocycles. The molecule has 2 rings (SSSR count). The number of benzene rings is 1. The third kappa shape index (κ3) is 4.51. The van der Waals surface area contributed by atoms with Crippen LogP contribution < -0.4 is 5.32 Å². The van der Waals surface area contributed by atoms with E-state index < -0.39 is 0 Å². The number of nitrogens with zero attached hydrogens (tertiary/aromatic N) is 4. The molecule has 1 aromatic carbocycles. The van der Waals surface area contributed by atoms with Crippen molar-refractivity contribution >= 4 is 17.4 Å². The summed E-state index contributed by atoms with van der Waals surface area (Å²) >= 11 is 0. The van der Waals surface area contributed by atoms with Crippen molar-refractivity contribution in [2.45, 2.75) is 19.8 Å². The maximum atomic E-state index is 12.2. The number of nitriles is 1. The highest BCUT2D eigenvalue weighted by atomic mass is 16.2. The molecule has 1 N–H and O–H groups in total. The summed E-state index contributed by atoms with van der Waals surface area (Å²) in [6.45, 7) is 2.79. The molecule has 1 heterocycles. The van der Waals surface area contributed by atoms with E-state index in [1.807, 2.05) is 6.07 Å². The van der Waals surface area contributed by atoms with Crippen molar-refractivity contribution in [2.24, 2.45) is 0 Å². The molecule has 0 atom stereocenters. The highest BCUT2D eigenvalue weighted by molar-refractivity contribution is 5.92. The lowest BCUT2D eigenvalue weighted by molar-refractivity contribution is 0.0786. The molecule has 0 spiro atoms. The second-order valence-electron chi connectivity index (χ2n) is 5.20. The van der Waals surface area contributed by atoms with Gasteiger partial charge in [0.15, 0.2) is 11.5 Å². The zero-order valence-electron chi connectivity index (χ0n) is 13.3. The van der Waals surface area contributed by atoms with Crippen LogP contribution in [0.1, 0.15) is 35.8 Å². The standard InChI is InChI=1S/C17H19N5O/c1-3-4-10-22(2)17(23)15-8-9-16(21-20-15)19-14-7-5-6-13(11-14)12-18/h5-9,11H,3-4,10H2,1-2H3,(H,19,21). The van der Waals surface area contributed by atoms with E-state index in [0.717, 1.165) is 18.5 Å². The molecule has 0 unspecified atom stereocenters. The molecule has 0 aliphatic carbocycles. The lowest BCUT2D eigenvalue weighted by Crippen LogP contribution is -2.28. The van der Waals surface area contributed by atoms with Gasteiger partial charge in [0, 0.05) is 19.3 Å². The summed E-state index contributed by atoms with van der Waals surface area (Å²) in [5.41, 5.74) is 1.63. The summed E-state index contributed by atoms with van der Waals surface area (Å²) in [7, 11) is 1.76. The number of rotatable bonds is 6. The van der Waals surface area contributed by atoms with Gasteiger partial charge in [-0.1, -0.05) is 19.4 Å². The van der Waals surface area contributed by atoms with Gasteiger partial charge in [-0.25, -0.2) is 0 Å². The zero-order chi connectivity index (χ0) is 16.7. The molecule has 2 aromatic rings. The van der Waals surface area contributed by atoms with Crippen LogP contribution in [0.2, 0.25) is 0 Å². The molecule has 0 saturated heterocycles. The molecule has 0 fully saturated rings. The van der Waals surface area contributed by atoms with Crippen LogP contribution >= 0.6 is 0 Å². The van der Waals surface area contributed by atoms with Gasteiger partial charge in [-0.3, -0.25) is 4.79 Å². The van der Waals surface area contributed by atoms with Crippen molar-refractivity contribution in [1.82, 2.24) is 15.1 Å². The smallest absolute Gasteiger partial charge is 0.274 e. The molecule has 118 valence electrons. The van der Waals surface area contributed by atoms with E-state index in [0.29, 0.717) is 23.6 Å². The van der Waals surface area contributed by atoms with Gasteiger partial charge >= 0.3 is 0 Å². The quantitative estimate of drug-likeness (QED) is 0.887. The minimum Gasteiger partial charge on any atom is -0.340 e. The van der Waals surface area contributed by atoms with Gasteiger partial charge in [-0.2, -0.15) is 5.26 Å². The molecule has 6 nitrogen and oxygen atoms in total. The van der Waals surface area contributed by atoms with Crippen molar-refractivity contribution in [3.63, 3.8) is 0 Å². The topological polar surface area (TPSA) is 81.9 Å². The minimum absolute atomic E-state index is 0.135. The fourth-order valence-corrected chi connectivity index (χ4v) is 2.02. The lowest BCUT2D eigenvalue weighted by Gasteiger charge is -2.15. The van der Waals surface area contributed by atoms with Gasteiger partial charge in [-0.15, -0.1) is 10.2 Å². The van der Waals surface area contributed by atoms with Crippen molar-refractivity contribution in [3.05, 3.63) is 47.7 Å². The van der Waals surface area contributed by atoms with E-state index in [9.17, 15) is 4.79 Å². The minimum atomic E-state index is -0.135. The third-order valence-electron chi connectivity index (χ3n) is 3.34. The number of aromatic nitrogens is 2. The molecule has 0 saturated carbocycles. The first kappa shape index (κ1) is 16.4. The van der Waals surface area contributed by atoms with Gasteiger partial charge < -0.3 is 10.2 Å². The second-order valence-corrected chi connectivity index (χ2v) is 5.20. The van der Waals surface area contributed by atoms with E-state index in [-0.39, 0.29) is 5.91 Å². The number of hydrogen-bond acceptors (Lipinski definition) is 5. The lowest BCUT2D eigenvalue weighted by atomic mass is 10.2. The Hall–Kier alpha value is -2.94. The highest BCUT2D eigenvalue weighted by Gasteiger charge is 2.13. The maximum absolute atomic E-state index is 12.2. The van der Waals surface area contributed by atoms with Crippen LogP contribution in [0.5, 0.6) is 0 Å². The number of anilines is 2. The predicted octanol–water partition coefficient (Wildman–Crippen LogP) is 2.96. The number of hydrogen-bond donors (Lipinski definition) is 1. The molecule has 23 heavy (non-hydrogen) atoms. The monoisotopic (exact) mass is 309 g/mol. The number of carbonyl (C=O) groups is 1. The molecule has 0 radical (unpaired) electrons. The number of amides is 1. The van der Waals surface area contributed by atoms with Gasteiger partial charge in [0.2, 0.25) is 0 Å². The summed E-state index contributed by atoms with van der Waals surface area (Å²) in [4.78, 5) is 13.8. The molecule has 0 aliphatic heterocycles. The van der Waals surface area contributed by atoms with Gasteiger partial charge in [0.25, 0.3) is 5.91 Å². The van der Waals surface area contributed by atoms with E-state index in [1.165, 1.54) is 0 Å². The van der Waals surface area contributed by atoms with Gasteiger partial charge in [0.1, 0.15) is 0 Å². The first-order chi connectivity index (χ1) is 11.1. The van der Waals surface area contributed by atoms with Gasteiger partial charge in [0.05, 0.1) is 11.6 Å². The van der Waals surface area contributed by atoms with Crippen LogP contribution in [0.3, 0.4) is 0 Å². The summed E-state index contributed by atoms with van der Waals surface area (Å²) in [6.07, 6.45) is 2.00. The van der Waals surface area contributed by atoms with Crippen molar-refractivity contribution < 1.29 is 4.79 Å². The molecular formula is C17H19N5O. The molecule has 0 aliphatic rings. The van der Waals surface area contributed by atoms with Crippen LogP contribution in [0, 0.1) is 11.3 Å². The maximum Gasteiger partial charge on any atom is 0.274 e. The highest BCUT2D eigenvalue weighted by Crippen LogP contribution is 2.15. The van der Waals surface area contributed by atoms with E-state index in [1.54, 1.807) is 42.3 Å². The normalized spacial score (nSPS) is 9.96. The fraction of sp³-hybridized carbons (Fsp3) is 0.294. The van der Waals surface area contributed by atoms with Crippen molar-refractivity contribution in [2.75, 3.05) is 18.9 Å². The van der Waals surface area contributed by atoms with E-state index in [2.05, 4.69) is 28.5 Å². The average molecular weight is 309 g/mol. The van der Waals surface area contributed by atoms with E-state index in [4.69, 9.17) is 5.26 Å². The van der Waals surface area contributed by atoms with Crippen LogP contribution in [0.15, 0.2) is 36.4 Å². The summed E-state index contributed by atoms with van der Waals surface area (Å²) in [5.74, 6) is 0.386. The van der Waals surface area contributed by atoms with Crippen LogP contribution in [-0.4, -0.2) is 34.6 Å². The molecule has 1 amide bonds. The first-order valence-electron chi connectivity index (χ1n) is 7.50. The summed E-state index contributed by atoms with van der Waals surface area (Å²) < 4.78 is 0. The van der Waals surface area contributed by atoms with Gasteiger partial charge in [-0.05, 0) is 36.8 Å². The zero-order valence-corrected chi connectivity index (χ0v) is 13.3. The van der Waals surface area contributed by atoms with Crippen molar-refractivity contribution in [3.8, 4) is 6.07 Å². The molecular weight excluding hydrogens is 290 g/mol. The Kier molecular flexibility index (Phi) is 5.64. The Bertz CT molecular complexity index is 706. The van der Waals surface area contributed by atoms with E-state index >= 15 is 0 Å². The summed E-state index contributed by atoms with van der Waals surface area (Å²) in [5, 5.41) is 19.9. The number of carbonyl (C=O) groups excluding carboxylic acids is 1. The third-order valence-corrected chi connectivity index (χ3v) is 3.34. The Labute approximate surface area is 135 Å². The fourth-order valence-electron chi connectivity index (χ4n) is 2.02. The average Bonchev–Trinajstić information content (AvgIpc) is 2.60. The predicted molar refractivity (Wildman–Crippen MR) is 88.3 cm³/mol. The number of unbranched alkanes of at least 4 members (excludes halogenated alkanes) is 1. The Morgan fingerprint density at radius 3 is 2.78 bits per heavy atom. The Morgan fingerprint density at radius 2 is 2.13 bits per heavy atom. The number of nitrogens with one attached hydrogen (secondary N) is 1. The molecule has 6 heteroatoms. The SMILES string of the molecule is CCCCN(C)C(=O)c1ccc(Nc2cccc(C#N)c2)nn1. The van der Waals surface area contributed by atoms with Crippen molar-refractivity contribution in [1.29, 1.82) is 5.26 Å². The Balaban J connectivity index is 2.04. The first-order valence-corrected chi connectivity index (χ1v) is 7.50. The summed E-state index contributed by atoms with van der Waals surface area (Å²) in [6, 6.07) is 12.5. The second kappa shape index (κ2) is 7.90.